The molecule has 0 aliphatic carbocycles. The maximum absolute atomic E-state index is 13.5. The largest absolute Gasteiger partial charge is 0.858 e. The van der Waals surface area contributed by atoms with E-state index in [0.29, 0.717) is 16.5 Å². The van der Waals surface area contributed by atoms with Gasteiger partial charge < -0.3 is 21.3 Å². The van der Waals surface area contributed by atoms with Gasteiger partial charge in [0.1, 0.15) is 0 Å². The summed E-state index contributed by atoms with van der Waals surface area (Å²) >= 11 is 7.37. The molecule has 1 unspecified atom stereocenters. The first-order chi connectivity index (χ1) is 17.1. The van der Waals surface area contributed by atoms with Crippen LogP contribution in [0.3, 0.4) is 0 Å². The number of hydrogen-bond donors (Lipinski definition) is 3. The molecule has 3 aromatic carbocycles. The summed E-state index contributed by atoms with van der Waals surface area (Å²) < 4.78 is 7.02. The number of nitrogens with zero attached hydrogens (tertiary/aromatic N) is 1. The topological polar surface area (TPSA) is 117 Å². The molecule has 0 amide bonds. The van der Waals surface area contributed by atoms with Crippen LogP contribution in [0.2, 0.25) is 5.02 Å². The SMILES string of the molecule is N.O=c1[nH]n(C(c2ccccc2)c2cccc(N[C@H]3CCCOC3)c2)c([O-])c1Sc1ccccc1Cl. The number of rotatable bonds is 7. The molecule has 2 atom stereocenters. The molecule has 188 valence electrons. The fourth-order valence-electron chi connectivity index (χ4n) is 4.34. The predicted octanol–water partition coefficient (Wildman–Crippen LogP) is 5.45. The summed E-state index contributed by atoms with van der Waals surface area (Å²) in [5.74, 6) is -0.382. The molecule has 0 radical (unpaired) electrons. The second-order valence-electron chi connectivity index (χ2n) is 8.47. The fraction of sp³-hybridized carbons (Fsp3) is 0.222. The zero-order valence-corrected chi connectivity index (χ0v) is 21.2. The maximum Gasteiger partial charge on any atom is 0.277 e. The molecule has 0 spiro atoms. The summed E-state index contributed by atoms with van der Waals surface area (Å²) in [5.41, 5.74) is 2.29. The van der Waals surface area contributed by atoms with Crippen molar-refractivity contribution in [1.29, 1.82) is 0 Å². The molecule has 0 saturated carbocycles. The van der Waals surface area contributed by atoms with Gasteiger partial charge >= 0.3 is 0 Å². The number of aromatic amines is 1. The Labute approximate surface area is 219 Å². The van der Waals surface area contributed by atoms with Crippen molar-refractivity contribution in [1.82, 2.24) is 15.9 Å². The quantitative estimate of drug-likeness (QED) is 0.297. The lowest BCUT2D eigenvalue weighted by Crippen LogP contribution is -2.30. The van der Waals surface area contributed by atoms with Crippen LogP contribution in [0.25, 0.3) is 0 Å². The van der Waals surface area contributed by atoms with Gasteiger partial charge in [0, 0.05) is 29.1 Å². The Morgan fingerprint density at radius 3 is 2.56 bits per heavy atom. The van der Waals surface area contributed by atoms with Crippen LogP contribution in [0.15, 0.2) is 93.4 Å². The fourth-order valence-corrected chi connectivity index (χ4v) is 5.45. The van der Waals surface area contributed by atoms with E-state index in [0.717, 1.165) is 48.0 Å². The minimum Gasteiger partial charge on any atom is -0.858 e. The van der Waals surface area contributed by atoms with E-state index in [4.69, 9.17) is 16.3 Å². The zero-order valence-electron chi connectivity index (χ0n) is 19.7. The number of nitrogens with one attached hydrogen (secondary N) is 2. The molecule has 1 aliphatic rings. The maximum atomic E-state index is 13.5. The van der Waals surface area contributed by atoms with Crippen molar-refractivity contribution in [3.8, 4) is 5.88 Å². The van der Waals surface area contributed by atoms with Gasteiger partial charge in [-0.1, -0.05) is 78.0 Å². The van der Waals surface area contributed by atoms with E-state index in [1.165, 1.54) is 4.68 Å². The first kappa shape index (κ1) is 25.9. The first-order valence-corrected chi connectivity index (χ1v) is 12.7. The van der Waals surface area contributed by atoms with E-state index >= 15 is 0 Å². The van der Waals surface area contributed by atoms with Crippen LogP contribution in [0.4, 0.5) is 5.69 Å². The summed E-state index contributed by atoms with van der Waals surface area (Å²) in [5, 5.41) is 20.4. The minimum atomic E-state index is -0.499. The first-order valence-electron chi connectivity index (χ1n) is 11.5. The van der Waals surface area contributed by atoms with Gasteiger partial charge in [0.15, 0.2) is 0 Å². The Balaban J connectivity index is 0.00000304. The lowest BCUT2D eigenvalue weighted by molar-refractivity contribution is -0.284. The van der Waals surface area contributed by atoms with Gasteiger partial charge in [-0.25, -0.2) is 0 Å². The van der Waals surface area contributed by atoms with Gasteiger partial charge in [0.05, 0.1) is 22.6 Å². The number of H-pyrrole nitrogens is 1. The van der Waals surface area contributed by atoms with Crippen LogP contribution in [0.1, 0.15) is 30.0 Å². The van der Waals surface area contributed by atoms with E-state index < -0.39 is 11.6 Å². The molecule has 36 heavy (non-hydrogen) atoms. The molecule has 1 aromatic heterocycles. The molecule has 2 heterocycles. The van der Waals surface area contributed by atoms with Crippen molar-refractivity contribution in [2.45, 2.75) is 34.7 Å². The molecule has 0 bridgehead atoms. The van der Waals surface area contributed by atoms with Gasteiger partial charge in [-0.15, -0.1) is 0 Å². The van der Waals surface area contributed by atoms with E-state index in [2.05, 4.69) is 10.4 Å². The van der Waals surface area contributed by atoms with E-state index in [1.54, 1.807) is 12.1 Å². The van der Waals surface area contributed by atoms with Crippen molar-refractivity contribution in [2.75, 3.05) is 18.5 Å². The molecule has 7 nitrogen and oxygen atoms in total. The van der Waals surface area contributed by atoms with Crippen molar-refractivity contribution in [2.24, 2.45) is 0 Å². The average Bonchev–Trinajstić information content (AvgIpc) is 3.15. The Bertz CT molecular complexity index is 1350. The highest BCUT2D eigenvalue weighted by Crippen LogP contribution is 2.38. The summed E-state index contributed by atoms with van der Waals surface area (Å²) in [7, 11) is 0. The highest BCUT2D eigenvalue weighted by Gasteiger charge is 2.22. The standard InChI is InChI=1S/C27H26ClN3O3S.H3N/c28-22-13-4-5-14-23(22)35-25-26(32)30-31(27(25)33)24(18-8-2-1-3-9-18)19-10-6-11-20(16-19)29-21-12-7-15-34-17-21;/h1-6,8-11,13-14,16,21,24,29,33H,7,12,15,17H2,(H,30,32);1H3/p-1/t21-,24?;/m0./s1. The monoisotopic (exact) mass is 523 g/mol. The van der Waals surface area contributed by atoms with E-state index in [1.807, 2.05) is 66.7 Å². The molecule has 5 rings (SSSR count). The highest BCUT2D eigenvalue weighted by atomic mass is 35.5. The number of ether oxygens (including phenoxy) is 1. The second-order valence-corrected chi connectivity index (χ2v) is 9.93. The third kappa shape index (κ3) is 5.63. The van der Waals surface area contributed by atoms with Crippen LogP contribution in [-0.4, -0.2) is 29.0 Å². The van der Waals surface area contributed by atoms with Crippen LogP contribution < -0.4 is 22.1 Å². The summed E-state index contributed by atoms with van der Waals surface area (Å²) in [6.45, 7) is 1.47. The number of anilines is 1. The van der Waals surface area contributed by atoms with Crippen molar-refractivity contribution < 1.29 is 9.84 Å². The Hall–Kier alpha value is -3.17. The van der Waals surface area contributed by atoms with Crippen LogP contribution in [0.5, 0.6) is 5.88 Å². The van der Waals surface area contributed by atoms with Gasteiger partial charge in [0.25, 0.3) is 5.56 Å². The lowest BCUT2D eigenvalue weighted by atomic mass is 9.98. The van der Waals surface area contributed by atoms with Gasteiger partial charge in [-0.2, -0.15) is 0 Å². The van der Waals surface area contributed by atoms with Crippen molar-refractivity contribution >= 4 is 29.1 Å². The van der Waals surface area contributed by atoms with E-state index in [9.17, 15) is 9.90 Å². The smallest absolute Gasteiger partial charge is 0.277 e. The molecular weight excluding hydrogens is 496 g/mol. The van der Waals surface area contributed by atoms with Gasteiger partial charge in [0.2, 0.25) is 0 Å². The summed E-state index contributed by atoms with van der Waals surface area (Å²) in [6, 6.07) is 24.6. The molecule has 9 heteroatoms. The van der Waals surface area contributed by atoms with Gasteiger partial charge in [-0.3, -0.25) is 14.6 Å². The Morgan fingerprint density at radius 1 is 1.06 bits per heavy atom. The Kier molecular flexibility index (Phi) is 8.43. The third-order valence-electron chi connectivity index (χ3n) is 6.00. The minimum absolute atomic E-state index is 0. The molecule has 1 fully saturated rings. The third-order valence-corrected chi connectivity index (χ3v) is 7.58. The molecule has 1 saturated heterocycles. The second kappa shape index (κ2) is 11.7. The normalized spacial score (nSPS) is 16.2. The highest BCUT2D eigenvalue weighted by molar-refractivity contribution is 7.99. The number of halogens is 1. The van der Waals surface area contributed by atoms with Crippen molar-refractivity contribution in [3.63, 3.8) is 0 Å². The van der Waals surface area contributed by atoms with E-state index in [-0.39, 0.29) is 23.0 Å². The van der Waals surface area contributed by atoms with Crippen molar-refractivity contribution in [3.05, 3.63) is 105 Å². The van der Waals surface area contributed by atoms with Crippen LogP contribution in [-0.2, 0) is 4.74 Å². The lowest BCUT2D eigenvalue weighted by Gasteiger charge is -2.27. The molecule has 5 N–H and O–H groups in total. The summed E-state index contributed by atoms with van der Waals surface area (Å²) in [6.07, 6.45) is 2.07. The molecule has 4 aromatic rings. The molecule has 1 aliphatic heterocycles. The number of benzene rings is 3. The number of aromatic nitrogens is 2. The van der Waals surface area contributed by atoms with Gasteiger partial charge in [-0.05, 0) is 48.2 Å². The predicted molar refractivity (Wildman–Crippen MR) is 143 cm³/mol. The average molecular weight is 524 g/mol. The summed E-state index contributed by atoms with van der Waals surface area (Å²) in [4.78, 5) is 13.7. The molecular formula is C27H28ClN4O3S-. The zero-order chi connectivity index (χ0) is 24.2. The van der Waals surface area contributed by atoms with Crippen LogP contribution >= 0.6 is 23.4 Å². The Morgan fingerprint density at radius 2 is 1.81 bits per heavy atom. The number of hydrogen-bond acceptors (Lipinski definition) is 6. The van der Waals surface area contributed by atoms with Crippen LogP contribution in [0, 0.1) is 0 Å².